The SMILES string of the molecule is CCCC(CC(C)C)OC1CCN(c2ccc(C=O)cc2)CC1. The summed E-state index contributed by atoms with van der Waals surface area (Å²) in [5.74, 6) is 0.697. The van der Waals surface area contributed by atoms with Crippen LogP contribution in [0.25, 0.3) is 0 Å². The molecular weight excluding hydrogens is 286 g/mol. The molecule has 1 aromatic carbocycles. The molecule has 0 saturated carbocycles. The Bertz CT molecular complexity index is 461. The van der Waals surface area contributed by atoms with Crippen LogP contribution in [0.2, 0.25) is 0 Å². The predicted octanol–water partition coefficient (Wildman–Crippen LogP) is 4.70. The van der Waals surface area contributed by atoms with E-state index in [2.05, 4.69) is 25.7 Å². The van der Waals surface area contributed by atoms with E-state index in [0.29, 0.717) is 18.1 Å². The number of hydrogen-bond acceptors (Lipinski definition) is 3. The standard InChI is InChI=1S/C20H31NO2/c1-4-5-20(14-16(2)3)23-19-10-12-21(13-11-19)18-8-6-17(15-22)7-9-18/h6-9,15-16,19-20H,4-5,10-14H2,1-3H3. The van der Waals surface area contributed by atoms with Gasteiger partial charge in [-0.2, -0.15) is 0 Å². The van der Waals surface area contributed by atoms with Crippen molar-refractivity contribution in [2.24, 2.45) is 5.92 Å². The highest BCUT2D eigenvalue weighted by atomic mass is 16.5. The third-order valence-electron chi connectivity index (χ3n) is 4.57. The van der Waals surface area contributed by atoms with E-state index in [1.165, 1.54) is 24.9 Å². The van der Waals surface area contributed by atoms with Crippen LogP contribution in [0.5, 0.6) is 0 Å². The molecule has 0 amide bonds. The fraction of sp³-hybridized carbons (Fsp3) is 0.650. The first-order chi connectivity index (χ1) is 11.1. The van der Waals surface area contributed by atoms with Crippen LogP contribution in [0, 0.1) is 5.92 Å². The molecule has 2 rings (SSSR count). The van der Waals surface area contributed by atoms with Crippen LogP contribution in [0.4, 0.5) is 5.69 Å². The molecule has 1 fully saturated rings. The van der Waals surface area contributed by atoms with Gasteiger partial charge in [-0.15, -0.1) is 0 Å². The first kappa shape index (κ1) is 18.0. The highest BCUT2D eigenvalue weighted by molar-refractivity contribution is 5.75. The minimum absolute atomic E-state index is 0.399. The van der Waals surface area contributed by atoms with Gasteiger partial charge in [0.1, 0.15) is 6.29 Å². The largest absolute Gasteiger partial charge is 0.375 e. The van der Waals surface area contributed by atoms with Gasteiger partial charge in [-0.05, 0) is 55.9 Å². The Labute approximate surface area is 141 Å². The lowest BCUT2D eigenvalue weighted by Crippen LogP contribution is -2.38. The molecule has 3 nitrogen and oxygen atoms in total. The Morgan fingerprint density at radius 2 is 1.87 bits per heavy atom. The van der Waals surface area contributed by atoms with Gasteiger partial charge in [0.15, 0.2) is 0 Å². The predicted molar refractivity (Wildman–Crippen MR) is 96.3 cm³/mol. The van der Waals surface area contributed by atoms with E-state index in [1.54, 1.807) is 0 Å². The number of rotatable bonds is 8. The molecule has 0 spiro atoms. The zero-order chi connectivity index (χ0) is 16.7. The van der Waals surface area contributed by atoms with Crippen LogP contribution < -0.4 is 4.90 Å². The second kappa shape index (κ2) is 9.07. The number of aldehydes is 1. The maximum absolute atomic E-state index is 10.7. The van der Waals surface area contributed by atoms with Crippen molar-refractivity contribution in [2.75, 3.05) is 18.0 Å². The third kappa shape index (κ3) is 5.65. The average Bonchev–Trinajstić information content (AvgIpc) is 2.55. The lowest BCUT2D eigenvalue weighted by molar-refractivity contribution is -0.0364. The molecule has 1 heterocycles. The number of piperidine rings is 1. The van der Waals surface area contributed by atoms with E-state index >= 15 is 0 Å². The molecule has 0 bridgehead atoms. The van der Waals surface area contributed by atoms with Crippen molar-refractivity contribution in [3.05, 3.63) is 29.8 Å². The van der Waals surface area contributed by atoms with E-state index in [-0.39, 0.29) is 0 Å². The minimum Gasteiger partial charge on any atom is -0.375 e. The molecular formula is C20H31NO2. The lowest BCUT2D eigenvalue weighted by atomic mass is 10.0. The number of nitrogens with zero attached hydrogens (tertiary/aromatic N) is 1. The zero-order valence-electron chi connectivity index (χ0n) is 14.8. The van der Waals surface area contributed by atoms with E-state index in [0.717, 1.165) is 37.8 Å². The van der Waals surface area contributed by atoms with Gasteiger partial charge < -0.3 is 9.64 Å². The Morgan fingerprint density at radius 1 is 1.22 bits per heavy atom. The molecule has 0 radical (unpaired) electrons. The van der Waals surface area contributed by atoms with Crippen molar-refractivity contribution in [3.63, 3.8) is 0 Å². The fourth-order valence-corrected chi connectivity index (χ4v) is 3.38. The Hall–Kier alpha value is -1.35. The number of carbonyl (C=O) groups is 1. The zero-order valence-corrected chi connectivity index (χ0v) is 14.8. The van der Waals surface area contributed by atoms with E-state index in [4.69, 9.17) is 4.74 Å². The van der Waals surface area contributed by atoms with Gasteiger partial charge in [0.2, 0.25) is 0 Å². The maximum atomic E-state index is 10.7. The number of anilines is 1. The van der Waals surface area contributed by atoms with E-state index in [9.17, 15) is 4.79 Å². The maximum Gasteiger partial charge on any atom is 0.150 e. The molecule has 1 unspecified atom stereocenters. The van der Waals surface area contributed by atoms with Crippen LogP contribution in [-0.2, 0) is 4.74 Å². The summed E-state index contributed by atoms with van der Waals surface area (Å²) >= 11 is 0. The summed E-state index contributed by atoms with van der Waals surface area (Å²) in [6.45, 7) is 8.86. The fourth-order valence-electron chi connectivity index (χ4n) is 3.38. The average molecular weight is 317 g/mol. The van der Waals surface area contributed by atoms with Crippen molar-refractivity contribution in [1.29, 1.82) is 0 Å². The highest BCUT2D eigenvalue weighted by Gasteiger charge is 2.23. The van der Waals surface area contributed by atoms with Gasteiger partial charge in [-0.25, -0.2) is 0 Å². The molecule has 128 valence electrons. The number of ether oxygens (including phenoxy) is 1. The number of carbonyl (C=O) groups excluding carboxylic acids is 1. The van der Waals surface area contributed by atoms with Crippen LogP contribution in [0.3, 0.4) is 0 Å². The molecule has 0 aromatic heterocycles. The monoisotopic (exact) mass is 317 g/mol. The molecule has 1 saturated heterocycles. The Kier molecular flexibility index (Phi) is 7.10. The van der Waals surface area contributed by atoms with Crippen molar-refractivity contribution in [1.82, 2.24) is 0 Å². The van der Waals surface area contributed by atoms with Gasteiger partial charge in [0.05, 0.1) is 12.2 Å². The highest BCUT2D eigenvalue weighted by Crippen LogP contribution is 2.24. The summed E-state index contributed by atoms with van der Waals surface area (Å²) in [7, 11) is 0. The minimum atomic E-state index is 0.399. The quantitative estimate of drug-likeness (QED) is 0.651. The first-order valence-corrected chi connectivity index (χ1v) is 9.08. The van der Waals surface area contributed by atoms with Crippen LogP contribution in [0.15, 0.2) is 24.3 Å². The second-order valence-corrected chi connectivity index (χ2v) is 7.07. The van der Waals surface area contributed by atoms with Gasteiger partial charge in [-0.3, -0.25) is 4.79 Å². The summed E-state index contributed by atoms with van der Waals surface area (Å²) < 4.78 is 6.39. The van der Waals surface area contributed by atoms with Gasteiger partial charge in [0.25, 0.3) is 0 Å². The topological polar surface area (TPSA) is 29.5 Å². The molecule has 3 heteroatoms. The third-order valence-corrected chi connectivity index (χ3v) is 4.57. The van der Waals surface area contributed by atoms with Crippen LogP contribution in [-0.4, -0.2) is 31.6 Å². The second-order valence-electron chi connectivity index (χ2n) is 7.07. The van der Waals surface area contributed by atoms with Gasteiger partial charge >= 0.3 is 0 Å². The van der Waals surface area contributed by atoms with Crippen molar-refractivity contribution in [3.8, 4) is 0 Å². The molecule has 1 aromatic rings. The number of benzene rings is 1. The Morgan fingerprint density at radius 3 is 2.39 bits per heavy atom. The summed E-state index contributed by atoms with van der Waals surface area (Å²) in [5.41, 5.74) is 1.95. The lowest BCUT2D eigenvalue weighted by Gasteiger charge is -2.35. The summed E-state index contributed by atoms with van der Waals surface area (Å²) in [5, 5.41) is 0. The molecule has 1 aliphatic heterocycles. The van der Waals surface area contributed by atoms with Crippen LogP contribution in [0.1, 0.15) is 63.2 Å². The molecule has 23 heavy (non-hydrogen) atoms. The first-order valence-electron chi connectivity index (χ1n) is 9.08. The van der Waals surface area contributed by atoms with Gasteiger partial charge in [0, 0.05) is 24.3 Å². The van der Waals surface area contributed by atoms with E-state index in [1.807, 2.05) is 24.3 Å². The van der Waals surface area contributed by atoms with E-state index < -0.39 is 0 Å². The van der Waals surface area contributed by atoms with Crippen molar-refractivity contribution in [2.45, 2.75) is 65.1 Å². The molecule has 0 aliphatic carbocycles. The number of hydrogen-bond donors (Lipinski definition) is 0. The van der Waals surface area contributed by atoms with Crippen molar-refractivity contribution >= 4 is 12.0 Å². The summed E-state index contributed by atoms with van der Waals surface area (Å²) in [6, 6.07) is 7.88. The Balaban J connectivity index is 1.83. The summed E-state index contributed by atoms with van der Waals surface area (Å²) in [6.07, 6.45) is 7.43. The van der Waals surface area contributed by atoms with Crippen molar-refractivity contribution < 1.29 is 9.53 Å². The molecule has 1 atom stereocenters. The summed E-state index contributed by atoms with van der Waals surface area (Å²) in [4.78, 5) is 13.1. The molecule has 0 N–H and O–H groups in total. The van der Waals surface area contributed by atoms with Gasteiger partial charge in [-0.1, -0.05) is 27.2 Å². The normalized spacial score (nSPS) is 17.5. The molecule has 1 aliphatic rings. The smallest absolute Gasteiger partial charge is 0.150 e. The van der Waals surface area contributed by atoms with Crippen LogP contribution >= 0.6 is 0 Å².